The van der Waals surface area contributed by atoms with E-state index in [1.54, 1.807) is 0 Å². The smallest absolute Gasteiger partial charge is 0.227 e. The molecule has 4 heteroatoms. The Morgan fingerprint density at radius 3 is 2.71 bits per heavy atom. The lowest BCUT2D eigenvalue weighted by Gasteiger charge is -2.33. The van der Waals surface area contributed by atoms with E-state index >= 15 is 0 Å². The predicted molar refractivity (Wildman–Crippen MR) is 64.1 cm³/mol. The number of hydrogen-bond donors (Lipinski definition) is 2. The standard InChI is InChI=1S/C13H22N2O2/c14-12-9-4-3-8(6-9)11(12)13(17)15-5-1-2-10(15)7-16/h8-12,16H,1-7,14H2/t8?,9?,10-,11?,12?/m0/s1. The van der Waals surface area contributed by atoms with E-state index in [1.807, 2.05) is 4.90 Å². The first-order valence-electron chi connectivity index (χ1n) is 6.89. The number of carbonyl (C=O) groups is 1. The third kappa shape index (κ3) is 1.69. The normalized spacial score (nSPS) is 44.6. The van der Waals surface area contributed by atoms with Crippen LogP contribution in [0.2, 0.25) is 0 Å². The number of amides is 1. The second-order valence-corrected chi connectivity index (χ2v) is 5.95. The van der Waals surface area contributed by atoms with Crippen molar-refractivity contribution in [3.8, 4) is 0 Å². The van der Waals surface area contributed by atoms with Gasteiger partial charge >= 0.3 is 0 Å². The van der Waals surface area contributed by atoms with Crippen LogP contribution in [-0.2, 0) is 4.79 Å². The first kappa shape index (κ1) is 11.5. The fraction of sp³-hybridized carbons (Fsp3) is 0.923. The molecule has 1 saturated heterocycles. The largest absolute Gasteiger partial charge is 0.394 e. The average molecular weight is 238 g/mol. The lowest BCUT2D eigenvalue weighted by Crippen LogP contribution is -2.49. The van der Waals surface area contributed by atoms with E-state index in [9.17, 15) is 9.90 Å². The summed E-state index contributed by atoms with van der Waals surface area (Å²) in [5.41, 5.74) is 6.21. The van der Waals surface area contributed by atoms with Gasteiger partial charge in [-0.3, -0.25) is 4.79 Å². The Kier molecular flexibility index (Phi) is 2.87. The summed E-state index contributed by atoms with van der Waals surface area (Å²) in [6.45, 7) is 0.909. The van der Waals surface area contributed by atoms with E-state index in [-0.39, 0.29) is 30.5 Å². The molecule has 3 N–H and O–H groups in total. The molecule has 4 unspecified atom stereocenters. The van der Waals surface area contributed by atoms with Crippen LogP contribution in [0.4, 0.5) is 0 Å². The zero-order valence-electron chi connectivity index (χ0n) is 10.2. The van der Waals surface area contributed by atoms with Crippen LogP contribution in [0.15, 0.2) is 0 Å². The maximum Gasteiger partial charge on any atom is 0.227 e. The van der Waals surface area contributed by atoms with E-state index in [4.69, 9.17) is 5.73 Å². The van der Waals surface area contributed by atoms with E-state index in [2.05, 4.69) is 0 Å². The maximum atomic E-state index is 12.6. The second-order valence-electron chi connectivity index (χ2n) is 5.95. The summed E-state index contributed by atoms with van der Waals surface area (Å²) < 4.78 is 0. The fourth-order valence-corrected chi connectivity index (χ4v) is 4.21. The minimum absolute atomic E-state index is 0.0425. The summed E-state index contributed by atoms with van der Waals surface area (Å²) in [6.07, 6.45) is 5.49. The van der Waals surface area contributed by atoms with Crippen molar-refractivity contribution < 1.29 is 9.90 Å². The number of aliphatic hydroxyl groups excluding tert-OH is 1. The predicted octanol–water partition coefficient (Wildman–Crippen LogP) is 0.343. The molecule has 96 valence electrons. The topological polar surface area (TPSA) is 66.6 Å². The van der Waals surface area contributed by atoms with Gasteiger partial charge < -0.3 is 15.7 Å². The Bertz CT molecular complexity index is 319. The molecule has 0 aromatic heterocycles. The van der Waals surface area contributed by atoms with E-state index in [1.165, 1.54) is 12.8 Å². The Labute approximate surface area is 102 Å². The molecule has 1 aliphatic heterocycles. The molecule has 3 aliphatic rings. The van der Waals surface area contributed by atoms with Crippen LogP contribution in [-0.4, -0.2) is 41.1 Å². The molecule has 0 aromatic rings. The highest BCUT2D eigenvalue weighted by Gasteiger charge is 2.51. The van der Waals surface area contributed by atoms with Crippen LogP contribution < -0.4 is 5.73 Å². The second kappa shape index (κ2) is 4.25. The fourth-order valence-electron chi connectivity index (χ4n) is 4.21. The van der Waals surface area contributed by atoms with Crippen molar-refractivity contribution >= 4 is 5.91 Å². The van der Waals surface area contributed by atoms with Gasteiger partial charge in [0.05, 0.1) is 18.6 Å². The first-order valence-corrected chi connectivity index (χ1v) is 6.89. The van der Waals surface area contributed by atoms with Gasteiger partial charge in [-0.05, 0) is 43.9 Å². The molecule has 2 aliphatic carbocycles. The van der Waals surface area contributed by atoms with Crippen molar-refractivity contribution in [3.63, 3.8) is 0 Å². The van der Waals surface area contributed by atoms with Gasteiger partial charge in [0.15, 0.2) is 0 Å². The van der Waals surface area contributed by atoms with E-state index < -0.39 is 0 Å². The van der Waals surface area contributed by atoms with Crippen molar-refractivity contribution in [3.05, 3.63) is 0 Å². The van der Waals surface area contributed by atoms with Crippen LogP contribution in [0.3, 0.4) is 0 Å². The zero-order valence-corrected chi connectivity index (χ0v) is 10.2. The summed E-state index contributed by atoms with van der Waals surface area (Å²) in [5, 5.41) is 9.30. The van der Waals surface area contributed by atoms with Crippen molar-refractivity contribution in [2.45, 2.75) is 44.2 Å². The molecule has 1 heterocycles. The summed E-state index contributed by atoms with van der Waals surface area (Å²) in [7, 11) is 0. The Morgan fingerprint density at radius 1 is 1.29 bits per heavy atom. The van der Waals surface area contributed by atoms with Gasteiger partial charge in [0.1, 0.15) is 0 Å². The number of aliphatic hydroxyl groups is 1. The molecule has 17 heavy (non-hydrogen) atoms. The molecule has 1 amide bonds. The first-order chi connectivity index (χ1) is 8.22. The summed E-state index contributed by atoms with van der Waals surface area (Å²) in [4.78, 5) is 14.4. The third-order valence-electron chi connectivity index (χ3n) is 5.14. The highest BCUT2D eigenvalue weighted by molar-refractivity contribution is 5.81. The average Bonchev–Trinajstić information content (AvgIpc) is 3.02. The molecule has 0 spiro atoms. The van der Waals surface area contributed by atoms with Gasteiger partial charge in [-0.2, -0.15) is 0 Å². The molecule has 5 atom stereocenters. The minimum atomic E-state index is 0.0425. The van der Waals surface area contributed by atoms with Gasteiger partial charge in [0.25, 0.3) is 0 Å². The van der Waals surface area contributed by atoms with Crippen molar-refractivity contribution in [1.82, 2.24) is 4.90 Å². The SMILES string of the molecule is NC1C2CCC(C2)C1C(=O)N1CCC[C@H]1CO. The van der Waals surface area contributed by atoms with E-state index in [0.29, 0.717) is 11.8 Å². The highest BCUT2D eigenvalue weighted by Crippen LogP contribution is 2.48. The van der Waals surface area contributed by atoms with Crippen LogP contribution in [0.25, 0.3) is 0 Å². The molecule has 0 aromatic carbocycles. The molecule has 3 fully saturated rings. The van der Waals surface area contributed by atoms with E-state index in [0.717, 1.165) is 25.8 Å². The Hall–Kier alpha value is -0.610. The summed E-state index contributed by atoms with van der Waals surface area (Å²) in [6, 6.07) is 0.120. The van der Waals surface area contributed by atoms with Gasteiger partial charge in [0.2, 0.25) is 5.91 Å². The number of carbonyl (C=O) groups excluding carboxylic acids is 1. The monoisotopic (exact) mass is 238 g/mol. The maximum absolute atomic E-state index is 12.6. The number of hydrogen-bond acceptors (Lipinski definition) is 3. The summed E-state index contributed by atoms with van der Waals surface area (Å²) >= 11 is 0. The van der Waals surface area contributed by atoms with Gasteiger partial charge in [-0.15, -0.1) is 0 Å². The lowest BCUT2D eigenvalue weighted by atomic mass is 9.84. The lowest BCUT2D eigenvalue weighted by molar-refractivity contribution is -0.139. The highest BCUT2D eigenvalue weighted by atomic mass is 16.3. The molecule has 2 saturated carbocycles. The quantitative estimate of drug-likeness (QED) is 0.729. The molecule has 4 nitrogen and oxygen atoms in total. The van der Waals surface area contributed by atoms with Gasteiger partial charge in [0, 0.05) is 12.6 Å². The van der Waals surface area contributed by atoms with Crippen molar-refractivity contribution in [2.75, 3.05) is 13.2 Å². The number of fused-ring (bicyclic) bond motifs is 2. The third-order valence-corrected chi connectivity index (χ3v) is 5.14. The van der Waals surface area contributed by atoms with Crippen LogP contribution in [0, 0.1) is 17.8 Å². The van der Waals surface area contributed by atoms with Crippen LogP contribution in [0.5, 0.6) is 0 Å². The van der Waals surface area contributed by atoms with Crippen molar-refractivity contribution in [2.24, 2.45) is 23.5 Å². The summed E-state index contributed by atoms with van der Waals surface area (Å²) in [5.74, 6) is 1.36. The molecule has 2 bridgehead atoms. The number of likely N-dealkylation sites (tertiary alicyclic amines) is 1. The zero-order chi connectivity index (χ0) is 12.0. The molecule has 0 radical (unpaired) electrons. The van der Waals surface area contributed by atoms with Crippen molar-refractivity contribution in [1.29, 1.82) is 0 Å². The molecular weight excluding hydrogens is 216 g/mol. The van der Waals surface area contributed by atoms with Crippen LogP contribution in [0.1, 0.15) is 32.1 Å². The number of rotatable bonds is 2. The van der Waals surface area contributed by atoms with Gasteiger partial charge in [-0.1, -0.05) is 0 Å². The van der Waals surface area contributed by atoms with Gasteiger partial charge in [-0.25, -0.2) is 0 Å². The Balaban J connectivity index is 1.74. The number of nitrogens with zero attached hydrogens (tertiary/aromatic N) is 1. The minimum Gasteiger partial charge on any atom is -0.394 e. The Morgan fingerprint density at radius 2 is 2.06 bits per heavy atom. The van der Waals surface area contributed by atoms with Crippen LogP contribution >= 0.6 is 0 Å². The molecule has 3 rings (SSSR count). The number of nitrogens with two attached hydrogens (primary N) is 1. The molecular formula is C13H22N2O2.